The Hall–Kier alpha value is -1.27. The summed E-state index contributed by atoms with van der Waals surface area (Å²) in [4.78, 5) is 29.0. The molecule has 102 valence electrons. The van der Waals surface area contributed by atoms with Crippen LogP contribution in [0, 0.1) is 0 Å². The first-order valence-electron chi connectivity index (χ1n) is 5.79. The molecule has 1 fully saturated rings. The first-order chi connectivity index (χ1) is 8.92. The Bertz CT molecular complexity index is 521. The fourth-order valence-corrected chi connectivity index (χ4v) is 2.83. The van der Waals surface area contributed by atoms with Gasteiger partial charge in [-0.3, -0.25) is 9.69 Å². The Morgan fingerprint density at radius 3 is 2.79 bits per heavy atom. The quantitative estimate of drug-likeness (QED) is 0.683. The van der Waals surface area contributed by atoms with Crippen LogP contribution in [0.25, 0.3) is 0 Å². The molecule has 5 nitrogen and oxygen atoms in total. The normalized spacial score (nSPS) is 17.7. The number of carbonyl (C=O) groups is 2. The van der Waals surface area contributed by atoms with Gasteiger partial charge in [0, 0.05) is 18.5 Å². The highest BCUT2D eigenvalue weighted by Gasteiger charge is 2.43. The van der Waals surface area contributed by atoms with Gasteiger partial charge in [-0.15, -0.1) is 11.8 Å². The van der Waals surface area contributed by atoms with E-state index in [2.05, 4.69) is 10.3 Å². The van der Waals surface area contributed by atoms with Crippen LogP contribution >= 0.6 is 23.4 Å². The predicted octanol–water partition coefficient (Wildman–Crippen LogP) is 2.16. The molecule has 1 aliphatic rings. The summed E-state index contributed by atoms with van der Waals surface area (Å²) in [7, 11) is 0. The summed E-state index contributed by atoms with van der Waals surface area (Å²) in [5, 5.41) is 3.92. The maximum atomic E-state index is 11.9. The minimum atomic E-state index is -0.815. The number of halogens is 1. The summed E-state index contributed by atoms with van der Waals surface area (Å²) in [5.41, 5.74) is -0.815. The van der Waals surface area contributed by atoms with Crippen molar-refractivity contribution in [2.75, 3.05) is 12.3 Å². The van der Waals surface area contributed by atoms with Gasteiger partial charge in [-0.25, -0.2) is 9.78 Å². The van der Waals surface area contributed by atoms with Crippen molar-refractivity contribution < 1.29 is 9.59 Å². The lowest BCUT2D eigenvalue weighted by atomic mass is 10.1. The van der Waals surface area contributed by atoms with Crippen molar-refractivity contribution in [2.45, 2.75) is 24.4 Å². The molecular formula is C12H14ClN3O2S. The number of nitrogens with zero attached hydrogens (tertiary/aromatic N) is 2. The molecule has 3 amide bonds. The minimum Gasteiger partial charge on any atom is -0.324 e. The fraction of sp³-hybridized carbons (Fsp3) is 0.417. The second kappa shape index (κ2) is 5.38. The van der Waals surface area contributed by atoms with E-state index >= 15 is 0 Å². The van der Waals surface area contributed by atoms with E-state index in [0.717, 1.165) is 0 Å². The highest BCUT2D eigenvalue weighted by molar-refractivity contribution is 7.99. The molecule has 7 heteroatoms. The number of thioether (sulfide) groups is 1. The molecule has 0 unspecified atom stereocenters. The monoisotopic (exact) mass is 299 g/mol. The zero-order valence-corrected chi connectivity index (χ0v) is 12.2. The van der Waals surface area contributed by atoms with Crippen LogP contribution < -0.4 is 5.32 Å². The molecule has 2 rings (SSSR count). The van der Waals surface area contributed by atoms with Crippen LogP contribution in [-0.2, 0) is 4.79 Å². The van der Waals surface area contributed by atoms with Crippen LogP contribution in [0.4, 0.5) is 4.79 Å². The Balaban J connectivity index is 1.92. The second-order valence-corrected chi connectivity index (χ2v) is 6.14. The van der Waals surface area contributed by atoms with Crippen LogP contribution in [0.5, 0.6) is 0 Å². The zero-order valence-electron chi connectivity index (χ0n) is 10.6. The van der Waals surface area contributed by atoms with Crippen molar-refractivity contribution in [3.8, 4) is 0 Å². The Morgan fingerprint density at radius 1 is 1.47 bits per heavy atom. The third-order valence-corrected chi connectivity index (χ3v) is 4.13. The molecule has 0 aliphatic carbocycles. The lowest BCUT2D eigenvalue weighted by Crippen LogP contribution is -2.40. The third-order valence-electron chi connectivity index (χ3n) is 2.72. The predicted molar refractivity (Wildman–Crippen MR) is 74.3 cm³/mol. The molecule has 0 spiro atoms. The van der Waals surface area contributed by atoms with Gasteiger partial charge in [0.15, 0.2) is 0 Å². The van der Waals surface area contributed by atoms with Crippen molar-refractivity contribution in [3.63, 3.8) is 0 Å². The largest absolute Gasteiger partial charge is 0.325 e. The molecule has 1 aromatic rings. The van der Waals surface area contributed by atoms with Crippen molar-refractivity contribution in [2.24, 2.45) is 0 Å². The summed E-state index contributed by atoms with van der Waals surface area (Å²) in [6, 6.07) is 3.17. The molecule has 0 bridgehead atoms. The molecule has 0 radical (unpaired) electrons. The number of hydrogen-bond donors (Lipinski definition) is 1. The van der Waals surface area contributed by atoms with Gasteiger partial charge in [-0.2, -0.15) is 0 Å². The number of carbonyl (C=O) groups excluding carboxylic acids is 2. The minimum absolute atomic E-state index is 0.204. The SMILES string of the molecule is CC1(C)NC(=O)N(CCSc2ncccc2Cl)C1=O. The van der Waals surface area contributed by atoms with Gasteiger partial charge in [0.1, 0.15) is 10.6 Å². The first kappa shape index (κ1) is 14.1. The smallest absolute Gasteiger partial charge is 0.324 e. The Morgan fingerprint density at radius 2 is 2.21 bits per heavy atom. The van der Waals surface area contributed by atoms with Crippen LogP contribution in [0.1, 0.15) is 13.8 Å². The van der Waals surface area contributed by atoms with E-state index in [1.165, 1.54) is 16.7 Å². The second-order valence-electron chi connectivity index (χ2n) is 4.65. The lowest BCUT2D eigenvalue weighted by molar-refractivity contribution is -0.130. The van der Waals surface area contributed by atoms with Gasteiger partial charge in [0.2, 0.25) is 0 Å². The van der Waals surface area contributed by atoms with Crippen molar-refractivity contribution in [1.82, 2.24) is 15.2 Å². The summed E-state index contributed by atoms with van der Waals surface area (Å²) in [5.74, 6) is 0.358. The van der Waals surface area contributed by atoms with E-state index in [1.54, 1.807) is 32.2 Å². The van der Waals surface area contributed by atoms with E-state index in [1.807, 2.05) is 0 Å². The summed E-state index contributed by atoms with van der Waals surface area (Å²) in [6.45, 7) is 3.72. The number of aromatic nitrogens is 1. The highest BCUT2D eigenvalue weighted by Crippen LogP contribution is 2.25. The first-order valence-corrected chi connectivity index (χ1v) is 7.15. The Kier molecular flexibility index (Phi) is 4.01. The van der Waals surface area contributed by atoms with Crippen molar-refractivity contribution in [3.05, 3.63) is 23.4 Å². The number of pyridine rings is 1. The molecule has 19 heavy (non-hydrogen) atoms. The standard InChI is InChI=1S/C12H14ClN3O2S/c1-12(2)10(17)16(11(18)15-12)6-7-19-9-8(13)4-3-5-14-9/h3-5H,6-7H2,1-2H3,(H,15,18). The van der Waals surface area contributed by atoms with Crippen LogP contribution in [0.3, 0.4) is 0 Å². The van der Waals surface area contributed by atoms with E-state index in [-0.39, 0.29) is 11.9 Å². The maximum absolute atomic E-state index is 11.9. The van der Waals surface area contributed by atoms with E-state index in [4.69, 9.17) is 11.6 Å². The summed E-state index contributed by atoms with van der Waals surface area (Å²) in [6.07, 6.45) is 1.66. The zero-order chi connectivity index (χ0) is 14.0. The molecular weight excluding hydrogens is 286 g/mol. The van der Waals surface area contributed by atoms with Gasteiger partial charge >= 0.3 is 6.03 Å². The summed E-state index contributed by atoms with van der Waals surface area (Å²) >= 11 is 7.40. The van der Waals surface area contributed by atoms with Gasteiger partial charge in [-0.1, -0.05) is 11.6 Å². The van der Waals surface area contributed by atoms with E-state index in [9.17, 15) is 9.59 Å². The van der Waals surface area contributed by atoms with Crippen LogP contribution in [0.15, 0.2) is 23.4 Å². The van der Waals surface area contributed by atoms with E-state index in [0.29, 0.717) is 22.3 Å². The number of amides is 3. The Labute approximate surface area is 120 Å². The average Bonchev–Trinajstić information content (AvgIpc) is 2.53. The molecule has 0 aromatic carbocycles. The number of urea groups is 1. The summed E-state index contributed by atoms with van der Waals surface area (Å²) < 4.78 is 0. The lowest BCUT2D eigenvalue weighted by Gasteiger charge is -2.15. The fourth-order valence-electron chi connectivity index (χ4n) is 1.73. The third kappa shape index (κ3) is 3.01. The number of imide groups is 1. The molecule has 1 aliphatic heterocycles. The van der Waals surface area contributed by atoms with Crippen LogP contribution in [-0.4, -0.2) is 39.7 Å². The maximum Gasteiger partial charge on any atom is 0.325 e. The molecule has 1 saturated heterocycles. The van der Waals surface area contributed by atoms with Gasteiger partial charge in [0.05, 0.1) is 5.02 Å². The van der Waals surface area contributed by atoms with Crippen molar-refractivity contribution >= 4 is 35.3 Å². The number of rotatable bonds is 4. The molecule has 0 saturated carbocycles. The highest BCUT2D eigenvalue weighted by atomic mass is 35.5. The van der Waals surface area contributed by atoms with Gasteiger partial charge < -0.3 is 5.32 Å². The molecule has 1 N–H and O–H groups in total. The van der Waals surface area contributed by atoms with E-state index < -0.39 is 5.54 Å². The van der Waals surface area contributed by atoms with Crippen LogP contribution in [0.2, 0.25) is 5.02 Å². The topological polar surface area (TPSA) is 62.3 Å². The van der Waals surface area contributed by atoms with Gasteiger partial charge in [-0.05, 0) is 26.0 Å². The molecule has 0 atom stereocenters. The van der Waals surface area contributed by atoms with Crippen molar-refractivity contribution in [1.29, 1.82) is 0 Å². The van der Waals surface area contributed by atoms with Gasteiger partial charge in [0.25, 0.3) is 5.91 Å². The molecule has 1 aromatic heterocycles. The number of nitrogens with one attached hydrogen (secondary N) is 1. The average molecular weight is 300 g/mol. The number of hydrogen-bond acceptors (Lipinski definition) is 4. The molecule has 2 heterocycles.